The minimum absolute atomic E-state index is 0.109. The molecule has 0 aliphatic rings. The predicted molar refractivity (Wildman–Crippen MR) is 128 cm³/mol. The summed E-state index contributed by atoms with van der Waals surface area (Å²) < 4.78 is 10.2. The molecule has 0 N–H and O–H groups in total. The molecule has 0 aliphatic heterocycles. The van der Waals surface area contributed by atoms with Gasteiger partial charge in [0.05, 0.1) is 0 Å². The Bertz CT molecular complexity index is 672. The summed E-state index contributed by atoms with van der Waals surface area (Å²) in [5, 5.41) is 0. The van der Waals surface area contributed by atoms with Crippen molar-refractivity contribution in [2.24, 2.45) is 5.92 Å². The molecule has 0 bridgehead atoms. The molecule has 0 amide bonds. The third kappa shape index (κ3) is 15.4. The Kier molecular flexibility index (Phi) is 18.7. The normalized spacial score (nSPS) is 10.0. The second-order valence-electron chi connectivity index (χ2n) is 7.73. The molecular weight excluding hydrogens is 392 g/mol. The Hall–Kier alpha value is -2.11. The maximum Gasteiger partial charge on any atom is 0.160 e. The largest absolute Gasteiger partial charge is 0.356 e. The molecule has 0 spiro atoms. The maximum atomic E-state index is 11.5. The van der Waals surface area contributed by atoms with Crippen LogP contribution in [0.3, 0.4) is 0 Å². The van der Waals surface area contributed by atoms with Gasteiger partial charge in [-0.05, 0) is 51.2 Å². The first-order chi connectivity index (χ1) is 14.6. The van der Waals surface area contributed by atoms with E-state index in [0.717, 1.165) is 31.2 Å². The Labute approximate surface area is 189 Å². The molecule has 31 heavy (non-hydrogen) atoms. The average molecular weight is 435 g/mol. The van der Waals surface area contributed by atoms with Crippen LogP contribution in [-0.2, 0) is 20.7 Å². The summed E-state index contributed by atoms with van der Waals surface area (Å²) in [4.78, 5) is 33.9. The first-order valence-corrected chi connectivity index (χ1v) is 10.9. The zero-order valence-corrected chi connectivity index (χ0v) is 20.7. The van der Waals surface area contributed by atoms with E-state index in [1.165, 1.54) is 13.8 Å². The van der Waals surface area contributed by atoms with E-state index in [-0.39, 0.29) is 17.9 Å². The third-order valence-electron chi connectivity index (χ3n) is 4.30. The van der Waals surface area contributed by atoms with Crippen molar-refractivity contribution in [3.05, 3.63) is 47.5 Å². The minimum Gasteiger partial charge on any atom is -0.356 e. The lowest BCUT2D eigenvalue weighted by atomic mass is 9.97. The van der Waals surface area contributed by atoms with Crippen LogP contribution >= 0.6 is 0 Å². The fourth-order valence-corrected chi connectivity index (χ4v) is 2.63. The van der Waals surface area contributed by atoms with Gasteiger partial charge in [-0.3, -0.25) is 14.4 Å². The van der Waals surface area contributed by atoms with Crippen LogP contribution in [0.5, 0.6) is 0 Å². The number of ketones is 3. The Morgan fingerprint density at radius 3 is 1.90 bits per heavy atom. The third-order valence-corrected chi connectivity index (χ3v) is 4.30. The van der Waals surface area contributed by atoms with Gasteiger partial charge < -0.3 is 9.47 Å². The minimum atomic E-state index is -0.354. The fraction of sp³-hybridized carbons (Fsp3) is 0.577. The highest BCUT2D eigenvalue weighted by molar-refractivity contribution is 6.07. The number of Topliss-reactive ketones (excluding diaryl/α,β-unsaturated/α-hetero) is 3. The summed E-state index contributed by atoms with van der Waals surface area (Å²) in [5.74, 6) is 0.868. The molecule has 0 aromatic heterocycles. The first-order valence-electron chi connectivity index (χ1n) is 10.9. The number of hydrogen-bond donors (Lipinski definition) is 0. The zero-order chi connectivity index (χ0) is 24.4. The molecule has 0 radical (unpaired) electrons. The molecule has 0 saturated carbocycles. The summed E-state index contributed by atoms with van der Waals surface area (Å²) in [6.07, 6.45) is 5.53. The van der Waals surface area contributed by atoms with Gasteiger partial charge >= 0.3 is 0 Å². The highest BCUT2D eigenvalue weighted by atomic mass is 16.7. The van der Waals surface area contributed by atoms with Gasteiger partial charge in [0.15, 0.2) is 17.9 Å². The van der Waals surface area contributed by atoms with Crippen LogP contribution in [0.4, 0.5) is 0 Å². The lowest BCUT2D eigenvalue weighted by molar-refractivity contribution is -0.119. The Morgan fingerprint density at radius 2 is 1.52 bits per heavy atom. The van der Waals surface area contributed by atoms with E-state index in [1.807, 2.05) is 19.9 Å². The highest BCUT2D eigenvalue weighted by Gasteiger charge is 2.14. The van der Waals surface area contributed by atoms with E-state index in [9.17, 15) is 14.4 Å². The van der Waals surface area contributed by atoms with E-state index >= 15 is 0 Å². The number of hydrogen-bond acceptors (Lipinski definition) is 5. The molecule has 0 saturated heterocycles. The highest BCUT2D eigenvalue weighted by Crippen LogP contribution is 2.16. The number of rotatable bonds is 11. The molecule has 5 nitrogen and oxygen atoms in total. The summed E-state index contributed by atoms with van der Waals surface area (Å²) in [6.45, 7) is 14.5. The number of carbonyl (C=O) groups is 3. The van der Waals surface area contributed by atoms with Crippen LogP contribution in [-0.4, -0.2) is 37.9 Å². The molecule has 1 aromatic rings. The molecule has 0 atom stereocenters. The maximum absolute atomic E-state index is 11.5. The number of ether oxygens (including phenoxy) is 2. The number of benzene rings is 1. The number of allylic oxidation sites excluding steroid dienone is 1. The summed E-state index contributed by atoms with van der Waals surface area (Å²) in [6, 6.07) is 5.22. The van der Waals surface area contributed by atoms with Crippen LogP contribution in [0, 0.1) is 5.92 Å². The van der Waals surface area contributed by atoms with Crippen molar-refractivity contribution in [1.29, 1.82) is 0 Å². The zero-order valence-electron chi connectivity index (χ0n) is 20.7. The van der Waals surface area contributed by atoms with Gasteiger partial charge in [-0.1, -0.05) is 39.0 Å². The molecule has 176 valence electrons. The second-order valence-corrected chi connectivity index (χ2v) is 7.73. The van der Waals surface area contributed by atoms with Crippen LogP contribution in [0.25, 0.3) is 0 Å². The van der Waals surface area contributed by atoms with E-state index in [2.05, 4.69) is 20.4 Å². The van der Waals surface area contributed by atoms with Gasteiger partial charge in [0.25, 0.3) is 0 Å². The van der Waals surface area contributed by atoms with Crippen LogP contribution < -0.4 is 0 Å². The molecule has 0 heterocycles. The monoisotopic (exact) mass is 434 g/mol. The van der Waals surface area contributed by atoms with Crippen molar-refractivity contribution in [1.82, 2.24) is 0 Å². The quantitative estimate of drug-likeness (QED) is 0.234. The lowest BCUT2D eigenvalue weighted by Gasteiger charge is -2.14. The van der Waals surface area contributed by atoms with Crippen molar-refractivity contribution in [3.8, 4) is 0 Å². The standard InChI is InChI=1S/C14H18O4.C9H18O.C3H6/c1-9(15)12-6-5-11(7-13(12)10(2)16)8-14(17-3)18-4;1-4-5-9(10)7-6-8(2)3;1-3-2/h5-7,14H,8H2,1-4H3;8H,4-7H2,1-3H3;3H,1H2,2H3. The summed E-state index contributed by atoms with van der Waals surface area (Å²) in [7, 11) is 3.12. The van der Waals surface area contributed by atoms with Gasteiger partial charge in [-0.15, -0.1) is 6.58 Å². The molecule has 0 aliphatic carbocycles. The number of carbonyl (C=O) groups excluding carboxylic acids is 3. The van der Waals surface area contributed by atoms with E-state index in [4.69, 9.17) is 9.47 Å². The van der Waals surface area contributed by atoms with Crippen molar-refractivity contribution < 1.29 is 23.9 Å². The Balaban J connectivity index is 0. The topological polar surface area (TPSA) is 69.7 Å². The average Bonchev–Trinajstić information content (AvgIpc) is 2.71. The fourth-order valence-electron chi connectivity index (χ4n) is 2.63. The predicted octanol–water partition coefficient (Wildman–Crippen LogP) is 6.24. The second kappa shape index (κ2) is 18.6. The van der Waals surface area contributed by atoms with Crippen LogP contribution in [0.1, 0.15) is 93.5 Å². The van der Waals surface area contributed by atoms with Gasteiger partial charge in [0.1, 0.15) is 5.78 Å². The molecular formula is C26H42O5. The van der Waals surface area contributed by atoms with Crippen LogP contribution in [0.2, 0.25) is 0 Å². The van der Waals surface area contributed by atoms with Crippen LogP contribution in [0.15, 0.2) is 30.9 Å². The van der Waals surface area contributed by atoms with Crippen molar-refractivity contribution in [2.75, 3.05) is 14.2 Å². The smallest absolute Gasteiger partial charge is 0.160 e. The Morgan fingerprint density at radius 1 is 1.00 bits per heavy atom. The summed E-state index contributed by atoms with van der Waals surface area (Å²) in [5.41, 5.74) is 1.81. The van der Waals surface area contributed by atoms with E-state index < -0.39 is 0 Å². The van der Waals surface area contributed by atoms with E-state index in [0.29, 0.717) is 29.2 Å². The first kappa shape index (κ1) is 31.1. The molecule has 5 heteroatoms. The van der Waals surface area contributed by atoms with Gasteiger partial charge in [0.2, 0.25) is 0 Å². The molecule has 1 aromatic carbocycles. The summed E-state index contributed by atoms with van der Waals surface area (Å²) >= 11 is 0. The van der Waals surface area contributed by atoms with Crippen molar-refractivity contribution in [2.45, 2.75) is 79.9 Å². The molecule has 0 fully saturated rings. The SMILES string of the molecule is C=CC.CCCC(=O)CCC(C)C.COC(Cc1ccc(C(C)=O)c(C(C)=O)c1)OC. The molecule has 0 unspecified atom stereocenters. The van der Waals surface area contributed by atoms with Crippen molar-refractivity contribution in [3.63, 3.8) is 0 Å². The van der Waals surface area contributed by atoms with Gasteiger partial charge in [0, 0.05) is 44.6 Å². The molecule has 1 rings (SSSR count). The van der Waals surface area contributed by atoms with Gasteiger partial charge in [-0.2, -0.15) is 0 Å². The van der Waals surface area contributed by atoms with Gasteiger partial charge in [-0.25, -0.2) is 0 Å². The number of methoxy groups -OCH3 is 2. The van der Waals surface area contributed by atoms with Crippen molar-refractivity contribution >= 4 is 17.3 Å². The lowest BCUT2D eigenvalue weighted by Crippen LogP contribution is -2.16. The van der Waals surface area contributed by atoms with E-state index in [1.54, 1.807) is 32.4 Å².